The number of nitrogens with zero attached hydrogens (tertiary/aromatic N) is 1. The van der Waals surface area contributed by atoms with Gasteiger partial charge in [0.1, 0.15) is 11.4 Å². The van der Waals surface area contributed by atoms with Crippen LogP contribution in [0.4, 0.5) is 0 Å². The second-order valence-electron chi connectivity index (χ2n) is 5.65. The van der Waals surface area contributed by atoms with Crippen molar-refractivity contribution in [2.24, 2.45) is 0 Å². The first-order chi connectivity index (χ1) is 8.77. The van der Waals surface area contributed by atoms with E-state index >= 15 is 0 Å². The Hall–Kier alpha value is -1.06. The van der Waals surface area contributed by atoms with E-state index in [0.29, 0.717) is 0 Å². The van der Waals surface area contributed by atoms with Crippen LogP contribution in [0.1, 0.15) is 24.8 Å². The van der Waals surface area contributed by atoms with Crippen molar-refractivity contribution < 1.29 is 4.74 Å². The number of hydrogen-bond donors (Lipinski definition) is 1. The van der Waals surface area contributed by atoms with Gasteiger partial charge in [-0.25, -0.2) is 0 Å². The maximum atomic E-state index is 6.42. The van der Waals surface area contributed by atoms with Crippen LogP contribution in [0.15, 0.2) is 24.3 Å². The lowest BCUT2D eigenvalue weighted by atomic mass is 9.94. The SMILES string of the molecule is CN1CCCC2(CC1)CNCc1ccccc1O2. The van der Waals surface area contributed by atoms with E-state index in [9.17, 15) is 0 Å². The van der Waals surface area contributed by atoms with Crippen molar-refractivity contribution in [1.29, 1.82) is 0 Å². The third-order valence-electron chi connectivity index (χ3n) is 4.18. The first-order valence-electron chi connectivity index (χ1n) is 6.94. The molecule has 0 saturated carbocycles. The molecule has 3 nitrogen and oxygen atoms in total. The minimum Gasteiger partial charge on any atom is -0.486 e. The summed E-state index contributed by atoms with van der Waals surface area (Å²) in [5.41, 5.74) is 1.28. The van der Waals surface area contributed by atoms with Crippen molar-refractivity contribution in [1.82, 2.24) is 10.2 Å². The second kappa shape index (κ2) is 4.90. The molecule has 1 N–H and O–H groups in total. The molecule has 1 aromatic rings. The van der Waals surface area contributed by atoms with Crippen molar-refractivity contribution in [3.05, 3.63) is 29.8 Å². The van der Waals surface area contributed by atoms with E-state index in [4.69, 9.17) is 4.74 Å². The number of para-hydroxylation sites is 1. The Labute approximate surface area is 109 Å². The maximum absolute atomic E-state index is 6.42. The van der Waals surface area contributed by atoms with Crippen LogP contribution < -0.4 is 10.1 Å². The van der Waals surface area contributed by atoms with E-state index in [1.165, 1.54) is 18.5 Å². The molecule has 1 saturated heterocycles. The number of likely N-dealkylation sites (tertiary alicyclic amines) is 1. The number of fused-ring (bicyclic) bond motifs is 1. The molecule has 98 valence electrons. The third-order valence-corrected chi connectivity index (χ3v) is 4.18. The molecule has 0 amide bonds. The van der Waals surface area contributed by atoms with Crippen LogP contribution in [0.3, 0.4) is 0 Å². The summed E-state index contributed by atoms with van der Waals surface area (Å²) >= 11 is 0. The summed E-state index contributed by atoms with van der Waals surface area (Å²) in [7, 11) is 2.21. The van der Waals surface area contributed by atoms with Gasteiger partial charge in [-0.05, 0) is 32.5 Å². The Morgan fingerprint density at radius 2 is 2.11 bits per heavy atom. The predicted octanol–water partition coefficient (Wildman–Crippen LogP) is 2.02. The molecule has 2 heterocycles. The number of ether oxygens (including phenoxy) is 1. The van der Waals surface area contributed by atoms with E-state index in [-0.39, 0.29) is 5.60 Å². The van der Waals surface area contributed by atoms with Gasteiger partial charge in [0, 0.05) is 31.6 Å². The quantitative estimate of drug-likeness (QED) is 0.758. The van der Waals surface area contributed by atoms with Gasteiger partial charge in [0.25, 0.3) is 0 Å². The lowest BCUT2D eigenvalue weighted by Crippen LogP contribution is -2.44. The second-order valence-corrected chi connectivity index (χ2v) is 5.65. The zero-order valence-electron chi connectivity index (χ0n) is 11.1. The maximum Gasteiger partial charge on any atom is 0.124 e. The Balaban J connectivity index is 1.85. The van der Waals surface area contributed by atoms with Gasteiger partial charge >= 0.3 is 0 Å². The van der Waals surface area contributed by atoms with Crippen LogP contribution in [-0.2, 0) is 6.54 Å². The molecular weight excluding hydrogens is 224 g/mol. The minimum atomic E-state index is -0.00262. The molecule has 1 unspecified atom stereocenters. The van der Waals surface area contributed by atoms with E-state index in [1.807, 2.05) is 0 Å². The van der Waals surface area contributed by atoms with E-state index in [0.717, 1.165) is 38.2 Å². The zero-order valence-corrected chi connectivity index (χ0v) is 11.1. The summed E-state index contributed by atoms with van der Waals surface area (Å²) in [5.74, 6) is 1.08. The molecule has 0 radical (unpaired) electrons. The molecular formula is C15H22N2O. The summed E-state index contributed by atoms with van der Waals surface area (Å²) in [5, 5.41) is 3.56. The summed E-state index contributed by atoms with van der Waals surface area (Å²) in [4.78, 5) is 2.41. The fourth-order valence-corrected chi connectivity index (χ4v) is 3.03. The van der Waals surface area contributed by atoms with E-state index < -0.39 is 0 Å². The minimum absolute atomic E-state index is 0.00262. The van der Waals surface area contributed by atoms with Gasteiger partial charge in [0.2, 0.25) is 0 Å². The number of rotatable bonds is 0. The van der Waals surface area contributed by atoms with Crippen LogP contribution in [0.25, 0.3) is 0 Å². The summed E-state index contributed by atoms with van der Waals surface area (Å²) < 4.78 is 6.42. The van der Waals surface area contributed by atoms with Gasteiger partial charge in [0.05, 0.1) is 0 Å². The highest BCUT2D eigenvalue weighted by molar-refractivity contribution is 5.34. The standard InChI is InChI=1S/C15H22N2O/c1-17-9-4-7-15(8-10-17)12-16-11-13-5-2-3-6-14(13)18-15/h2-3,5-6,16H,4,7-12H2,1H3. The number of nitrogens with one attached hydrogen (secondary N) is 1. The molecule has 0 bridgehead atoms. The van der Waals surface area contributed by atoms with Crippen molar-refractivity contribution in [3.8, 4) is 5.75 Å². The molecule has 2 aliphatic heterocycles. The normalized spacial score (nSPS) is 29.2. The molecule has 0 aliphatic carbocycles. The lowest BCUT2D eigenvalue weighted by Gasteiger charge is -2.32. The lowest BCUT2D eigenvalue weighted by molar-refractivity contribution is 0.0587. The van der Waals surface area contributed by atoms with Crippen molar-refractivity contribution in [3.63, 3.8) is 0 Å². The van der Waals surface area contributed by atoms with Crippen molar-refractivity contribution in [2.75, 3.05) is 26.7 Å². The zero-order chi connectivity index (χ0) is 12.4. The molecule has 2 aliphatic rings. The highest BCUT2D eigenvalue weighted by Gasteiger charge is 2.35. The fraction of sp³-hybridized carbons (Fsp3) is 0.600. The summed E-state index contributed by atoms with van der Waals surface area (Å²) in [6, 6.07) is 8.42. The molecule has 3 heteroatoms. The third kappa shape index (κ3) is 2.38. The first kappa shape index (κ1) is 12.0. The van der Waals surface area contributed by atoms with Crippen LogP contribution >= 0.6 is 0 Å². The van der Waals surface area contributed by atoms with Crippen LogP contribution in [0.2, 0.25) is 0 Å². The molecule has 1 spiro atoms. The van der Waals surface area contributed by atoms with E-state index in [2.05, 4.69) is 41.5 Å². The van der Waals surface area contributed by atoms with Gasteiger partial charge in [-0.3, -0.25) is 0 Å². The monoisotopic (exact) mass is 246 g/mol. The molecule has 0 aromatic heterocycles. The molecule has 1 fully saturated rings. The number of hydrogen-bond acceptors (Lipinski definition) is 3. The molecule has 1 aromatic carbocycles. The van der Waals surface area contributed by atoms with E-state index in [1.54, 1.807) is 0 Å². The van der Waals surface area contributed by atoms with Crippen molar-refractivity contribution >= 4 is 0 Å². The number of benzene rings is 1. The average Bonchev–Trinajstić information content (AvgIpc) is 2.66. The highest BCUT2D eigenvalue weighted by Crippen LogP contribution is 2.32. The molecule has 3 rings (SSSR count). The summed E-state index contributed by atoms with van der Waals surface area (Å²) in [6.07, 6.45) is 3.49. The Morgan fingerprint density at radius 1 is 1.22 bits per heavy atom. The van der Waals surface area contributed by atoms with Gasteiger partial charge in [-0.2, -0.15) is 0 Å². The van der Waals surface area contributed by atoms with Gasteiger partial charge in [-0.1, -0.05) is 18.2 Å². The first-order valence-corrected chi connectivity index (χ1v) is 6.94. The fourth-order valence-electron chi connectivity index (χ4n) is 3.03. The largest absolute Gasteiger partial charge is 0.486 e. The van der Waals surface area contributed by atoms with Crippen LogP contribution in [0.5, 0.6) is 5.75 Å². The van der Waals surface area contributed by atoms with Gasteiger partial charge in [-0.15, -0.1) is 0 Å². The highest BCUT2D eigenvalue weighted by atomic mass is 16.5. The topological polar surface area (TPSA) is 24.5 Å². The van der Waals surface area contributed by atoms with Crippen LogP contribution in [-0.4, -0.2) is 37.2 Å². The Kier molecular flexibility index (Phi) is 3.27. The van der Waals surface area contributed by atoms with Crippen LogP contribution in [0, 0.1) is 0 Å². The molecule has 1 atom stereocenters. The van der Waals surface area contributed by atoms with Gasteiger partial charge in [0.15, 0.2) is 0 Å². The Bertz CT molecular complexity index is 417. The average molecular weight is 246 g/mol. The van der Waals surface area contributed by atoms with Gasteiger partial charge < -0.3 is 15.0 Å². The smallest absolute Gasteiger partial charge is 0.124 e. The predicted molar refractivity (Wildman–Crippen MR) is 72.9 cm³/mol. The molecule has 18 heavy (non-hydrogen) atoms. The Morgan fingerprint density at radius 3 is 3.06 bits per heavy atom. The van der Waals surface area contributed by atoms with Crippen molar-refractivity contribution in [2.45, 2.75) is 31.4 Å². The summed E-state index contributed by atoms with van der Waals surface area (Å²) in [6.45, 7) is 4.21.